The molecule has 1 aromatic rings. The third kappa shape index (κ3) is 2.81. The van der Waals surface area contributed by atoms with E-state index in [9.17, 15) is 4.79 Å². The van der Waals surface area contributed by atoms with Gasteiger partial charge in [-0.25, -0.2) is 0 Å². The van der Waals surface area contributed by atoms with Gasteiger partial charge in [-0.2, -0.15) is 0 Å². The third-order valence-corrected chi connectivity index (χ3v) is 2.93. The molecule has 19 heavy (non-hydrogen) atoms. The summed E-state index contributed by atoms with van der Waals surface area (Å²) in [6.45, 7) is 4.23. The standard InChI is InChI=1S/C10H12B3N3O3/c1-9(2)7(4-18-9)19-8-6(14-5-17)3-16(15-8)10(11,12)13/h3,5,7H,4H2,1-2H3,(H,14,17). The van der Waals surface area contributed by atoms with Gasteiger partial charge in [0.05, 0.1) is 36.3 Å². The summed E-state index contributed by atoms with van der Waals surface area (Å²) in [4.78, 5) is 10.6. The van der Waals surface area contributed by atoms with E-state index in [0.717, 1.165) is 4.68 Å². The third-order valence-electron chi connectivity index (χ3n) is 2.93. The van der Waals surface area contributed by atoms with Crippen molar-refractivity contribution in [2.75, 3.05) is 11.9 Å². The number of rotatable bonds is 5. The monoisotopic (exact) mass is 255 g/mol. The molecule has 1 aliphatic rings. The molecule has 1 amide bonds. The molecule has 0 bridgehead atoms. The number of carbonyl (C=O) groups excluding carboxylic acids is 1. The van der Waals surface area contributed by atoms with Crippen molar-refractivity contribution in [3.63, 3.8) is 0 Å². The predicted molar refractivity (Wildman–Crippen MR) is 71.6 cm³/mol. The largest absolute Gasteiger partial charge is 0.466 e. The zero-order valence-electron chi connectivity index (χ0n) is 10.8. The molecule has 0 aromatic carbocycles. The van der Waals surface area contributed by atoms with Crippen molar-refractivity contribution >= 4 is 35.6 Å². The zero-order valence-corrected chi connectivity index (χ0v) is 10.8. The number of anilines is 1. The SMILES string of the molecule is [B]C([B])([B])n1cc(NC=O)c(OC2COC2(C)C)n1. The minimum atomic E-state index is -1.67. The van der Waals surface area contributed by atoms with Gasteiger partial charge in [0.25, 0.3) is 5.88 Å². The molecular formula is C10H12B3N3O3. The van der Waals surface area contributed by atoms with Crippen LogP contribution in [0, 0.1) is 0 Å². The van der Waals surface area contributed by atoms with Crippen LogP contribution in [0.1, 0.15) is 13.8 Å². The quantitative estimate of drug-likeness (QED) is 0.545. The van der Waals surface area contributed by atoms with Gasteiger partial charge in [0.15, 0.2) is 6.10 Å². The maximum Gasteiger partial charge on any atom is 0.257 e. The van der Waals surface area contributed by atoms with Gasteiger partial charge in [-0.15, -0.1) is 5.10 Å². The van der Waals surface area contributed by atoms with E-state index in [0.29, 0.717) is 18.7 Å². The summed E-state index contributed by atoms with van der Waals surface area (Å²) in [6.07, 6.45) is 1.73. The summed E-state index contributed by atoms with van der Waals surface area (Å²) in [6, 6.07) is 0. The van der Waals surface area contributed by atoms with E-state index in [1.165, 1.54) is 6.20 Å². The number of hydrogen-bond donors (Lipinski definition) is 1. The van der Waals surface area contributed by atoms with E-state index < -0.39 is 10.8 Å². The van der Waals surface area contributed by atoms with Gasteiger partial charge in [0, 0.05) is 0 Å². The molecule has 0 aliphatic carbocycles. The molecule has 6 radical (unpaired) electrons. The Morgan fingerprint density at radius 3 is 2.74 bits per heavy atom. The van der Waals surface area contributed by atoms with Gasteiger partial charge < -0.3 is 14.8 Å². The summed E-state index contributed by atoms with van der Waals surface area (Å²) < 4.78 is 12.1. The first-order chi connectivity index (χ1) is 8.74. The molecule has 1 N–H and O–H groups in total. The molecular weight excluding hydrogens is 243 g/mol. The highest BCUT2D eigenvalue weighted by molar-refractivity contribution is 6.56. The van der Waals surface area contributed by atoms with Crippen LogP contribution in [-0.4, -0.2) is 58.0 Å². The Hall–Kier alpha value is -1.37. The van der Waals surface area contributed by atoms with Gasteiger partial charge in [-0.1, -0.05) is 0 Å². The Kier molecular flexibility index (Phi) is 3.42. The van der Waals surface area contributed by atoms with E-state index in [1.807, 2.05) is 13.8 Å². The Morgan fingerprint density at radius 1 is 1.63 bits per heavy atom. The second-order valence-corrected chi connectivity index (χ2v) is 4.96. The van der Waals surface area contributed by atoms with Crippen LogP contribution in [0.2, 0.25) is 0 Å². The van der Waals surface area contributed by atoms with Crippen molar-refractivity contribution < 1.29 is 14.3 Å². The molecule has 94 valence electrons. The van der Waals surface area contributed by atoms with Crippen LogP contribution in [0.4, 0.5) is 5.69 Å². The van der Waals surface area contributed by atoms with E-state index in [2.05, 4.69) is 10.4 Å². The zero-order chi connectivity index (χ0) is 14.3. The van der Waals surface area contributed by atoms with Crippen LogP contribution in [-0.2, 0) is 14.8 Å². The van der Waals surface area contributed by atoms with Gasteiger partial charge in [0.1, 0.15) is 11.3 Å². The molecule has 0 spiro atoms. The highest BCUT2D eigenvalue weighted by atomic mass is 16.6. The first-order valence-corrected chi connectivity index (χ1v) is 5.71. The van der Waals surface area contributed by atoms with Crippen LogP contribution in [0.25, 0.3) is 0 Å². The van der Waals surface area contributed by atoms with E-state index in [1.54, 1.807) is 0 Å². The average Bonchev–Trinajstić information content (AvgIpc) is 2.68. The second-order valence-electron chi connectivity index (χ2n) is 4.96. The summed E-state index contributed by atoms with van der Waals surface area (Å²) in [7, 11) is 16.6. The number of ether oxygens (including phenoxy) is 2. The lowest BCUT2D eigenvalue weighted by Gasteiger charge is -2.43. The smallest absolute Gasteiger partial charge is 0.257 e. The average molecular weight is 255 g/mol. The van der Waals surface area contributed by atoms with Crippen molar-refractivity contribution in [1.82, 2.24) is 9.78 Å². The number of nitrogens with one attached hydrogen (secondary N) is 1. The summed E-state index contributed by atoms with van der Waals surface area (Å²) in [5, 5.41) is 4.81. The van der Waals surface area contributed by atoms with E-state index in [-0.39, 0.29) is 12.0 Å². The lowest BCUT2D eigenvalue weighted by molar-refractivity contribution is -0.208. The molecule has 0 saturated carbocycles. The molecule has 1 atom stereocenters. The van der Waals surface area contributed by atoms with Crippen LogP contribution in [0.15, 0.2) is 6.20 Å². The van der Waals surface area contributed by atoms with E-state index in [4.69, 9.17) is 33.0 Å². The molecule has 1 aromatic heterocycles. The fourth-order valence-corrected chi connectivity index (χ4v) is 1.60. The van der Waals surface area contributed by atoms with Crippen LogP contribution < -0.4 is 10.1 Å². The van der Waals surface area contributed by atoms with E-state index >= 15 is 0 Å². The Balaban J connectivity index is 2.23. The minimum Gasteiger partial charge on any atom is -0.466 e. The van der Waals surface area contributed by atoms with Crippen molar-refractivity contribution in [1.29, 1.82) is 0 Å². The lowest BCUT2D eigenvalue weighted by atomic mass is 9.49. The predicted octanol–water partition coefficient (Wildman–Crippen LogP) is -0.919. The lowest BCUT2D eigenvalue weighted by Crippen LogP contribution is -2.56. The number of nitrogens with zero attached hydrogens (tertiary/aromatic N) is 2. The Morgan fingerprint density at radius 2 is 2.32 bits per heavy atom. The molecule has 1 unspecified atom stereocenters. The molecule has 6 nitrogen and oxygen atoms in total. The molecule has 2 heterocycles. The highest BCUT2D eigenvalue weighted by Crippen LogP contribution is 2.32. The molecule has 1 aliphatic heterocycles. The fourth-order valence-electron chi connectivity index (χ4n) is 1.60. The summed E-state index contributed by atoms with van der Waals surface area (Å²) in [5.41, 5.74) is -0.0728. The first kappa shape index (κ1) is 14.1. The number of hydrogen-bond acceptors (Lipinski definition) is 4. The number of amides is 1. The molecule has 2 rings (SSSR count). The Bertz CT molecular complexity index is 484. The topological polar surface area (TPSA) is 65.4 Å². The second kappa shape index (κ2) is 4.63. The molecule has 9 heteroatoms. The Labute approximate surface area is 115 Å². The van der Waals surface area contributed by atoms with Crippen molar-refractivity contribution in [2.24, 2.45) is 0 Å². The van der Waals surface area contributed by atoms with Crippen molar-refractivity contribution in [3.05, 3.63) is 6.20 Å². The molecule has 1 fully saturated rings. The van der Waals surface area contributed by atoms with Crippen LogP contribution in [0.5, 0.6) is 5.88 Å². The van der Waals surface area contributed by atoms with Crippen molar-refractivity contribution in [2.45, 2.75) is 30.8 Å². The maximum atomic E-state index is 10.6. The van der Waals surface area contributed by atoms with Gasteiger partial charge in [-0.3, -0.25) is 9.48 Å². The van der Waals surface area contributed by atoms with Gasteiger partial charge >= 0.3 is 0 Å². The van der Waals surface area contributed by atoms with Gasteiger partial charge in [-0.05, 0) is 19.1 Å². The molecule has 1 saturated heterocycles. The summed E-state index contributed by atoms with van der Waals surface area (Å²) >= 11 is 0. The van der Waals surface area contributed by atoms with Gasteiger partial charge in [0.2, 0.25) is 6.41 Å². The van der Waals surface area contributed by atoms with Crippen LogP contribution >= 0.6 is 0 Å². The van der Waals surface area contributed by atoms with Crippen LogP contribution in [0.3, 0.4) is 0 Å². The summed E-state index contributed by atoms with van der Waals surface area (Å²) in [5.74, 6) is 0.194. The van der Waals surface area contributed by atoms with Crippen molar-refractivity contribution in [3.8, 4) is 5.88 Å². The number of carbonyl (C=O) groups is 1. The minimum absolute atomic E-state index is 0.175. The fraction of sp³-hybridized carbons (Fsp3) is 0.600. The highest BCUT2D eigenvalue weighted by Gasteiger charge is 2.43. The number of aromatic nitrogens is 2. The maximum absolute atomic E-state index is 10.6. The first-order valence-electron chi connectivity index (χ1n) is 5.71. The normalized spacial score (nSPS) is 21.5.